The van der Waals surface area contributed by atoms with Crippen molar-refractivity contribution in [1.82, 2.24) is 14.7 Å². The molecule has 6 nitrogen and oxygen atoms in total. The van der Waals surface area contributed by atoms with Gasteiger partial charge in [-0.2, -0.15) is 5.10 Å². The summed E-state index contributed by atoms with van der Waals surface area (Å²) in [5, 5.41) is 5.04. The van der Waals surface area contributed by atoms with Crippen molar-refractivity contribution in [3.63, 3.8) is 0 Å². The molecular formula is C27H31N3O3. The number of hydrogen-bond donors (Lipinski definition) is 0. The van der Waals surface area contributed by atoms with Crippen molar-refractivity contribution < 1.29 is 14.2 Å². The molecule has 2 fully saturated rings. The predicted molar refractivity (Wildman–Crippen MR) is 126 cm³/mol. The highest BCUT2D eigenvalue weighted by Crippen LogP contribution is 2.37. The topological polar surface area (TPSA) is 48.8 Å². The Kier molecular flexibility index (Phi) is 5.78. The van der Waals surface area contributed by atoms with Crippen molar-refractivity contribution in [3.8, 4) is 22.8 Å². The van der Waals surface area contributed by atoms with Gasteiger partial charge < -0.3 is 14.2 Å². The number of fused-ring (bicyclic) bond motifs is 1. The molecule has 3 aromatic rings. The standard InChI is InChI=1S/C27H31N3O3/c1-2-5-20(6-3-1)15-30-17-23(16-29(14-21-8-9-21)18-24-7-4-12-31-24)27(28-30)22-10-11-25-26(13-22)33-19-32-25/h1-3,5-6,10-11,13,17,21,24H,4,7-9,12,14-16,18-19H2/t24-/m0/s1. The van der Waals surface area contributed by atoms with Gasteiger partial charge in [-0.05, 0) is 55.4 Å². The molecule has 2 aromatic carbocycles. The fraction of sp³-hybridized carbons (Fsp3) is 0.444. The number of aromatic nitrogens is 2. The van der Waals surface area contributed by atoms with E-state index in [-0.39, 0.29) is 6.79 Å². The third-order valence-corrected chi connectivity index (χ3v) is 6.76. The van der Waals surface area contributed by atoms with Gasteiger partial charge in [-0.1, -0.05) is 30.3 Å². The number of benzene rings is 2. The molecule has 1 atom stereocenters. The lowest BCUT2D eigenvalue weighted by Gasteiger charge is -2.25. The summed E-state index contributed by atoms with van der Waals surface area (Å²) in [6, 6.07) is 16.7. The molecule has 3 aliphatic rings. The summed E-state index contributed by atoms with van der Waals surface area (Å²) in [6.07, 6.45) is 7.64. The van der Waals surface area contributed by atoms with Crippen LogP contribution in [0, 0.1) is 5.92 Å². The first-order chi connectivity index (χ1) is 16.3. The molecule has 0 N–H and O–H groups in total. The molecule has 0 bridgehead atoms. The maximum absolute atomic E-state index is 5.98. The van der Waals surface area contributed by atoms with Crippen LogP contribution in [0.5, 0.6) is 11.5 Å². The van der Waals surface area contributed by atoms with Crippen molar-refractivity contribution in [3.05, 3.63) is 65.9 Å². The summed E-state index contributed by atoms with van der Waals surface area (Å²) in [5.74, 6) is 2.43. The van der Waals surface area contributed by atoms with Crippen LogP contribution in [0.25, 0.3) is 11.3 Å². The Morgan fingerprint density at radius 3 is 2.67 bits per heavy atom. The van der Waals surface area contributed by atoms with Gasteiger partial charge in [0.15, 0.2) is 11.5 Å². The first-order valence-electron chi connectivity index (χ1n) is 12.1. The lowest BCUT2D eigenvalue weighted by molar-refractivity contribution is 0.0689. The minimum Gasteiger partial charge on any atom is -0.454 e. The lowest BCUT2D eigenvalue weighted by atomic mass is 10.1. The molecule has 0 spiro atoms. The van der Waals surface area contributed by atoms with E-state index in [4.69, 9.17) is 19.3 Å². The van der Waals surface area contributed by atoms with Gasteiger partial charge in [-0.15, -0.1) is 0 Å². The van der Waals surface area contributed by atoms with Gasteiger partial charge in [0.1, 0.15) is 0 Å². The smallest absolute Gasteiger partial charge is 0.231 e. The number of ether oxygens (including phenoxy) is 3. The van der Waals surface area contributed by atoms with Crippen LogP contribution in [0.3, 0.4) is 0 Å². The largest absolute Gasteiger partial charge is 0.454 e. The summed E-state index contributed by atoms with van der Waals surface area (Å²) in [4.78, 5) is 2.59. The summed E-state index contributed by atoms with van der Waals surface area (Å²) < 4.78 is 19.2. The zero-order valence-corrected chi connectivity index (χ0v) is 19.0. The number of rotatable bonds is 9. The molecule has 0 amide bonds. The summed E-state index contributed by atoms with van der Waals surface area (Å²) in [7, 11) is 0. The van der Waals surface area contributed by atoms with Crippen molar-refractivity contribution in [2.45, 2.75) is 44.9 Å². The Balaban J connectivity index is 1.30. The van der Waals surface area contributed by atoms with Gasteiger partial charge in [0.2, 0.25) is 6.79 Å². The van der Waals surface area contributed by atoms with Crippen LogP contribution in [0.4, 0.5) is 0 Å². The second-order valence-corrected chi connectivity index (χ2v) is 9.53. The Morgan fingerprint density at radius 2 is 1.85 bits per heavy atom. The molecule has 1 saturated heterocycles. The normalized spacial score (nSPS) is 19.5. The average molecular weight is 446 g/mol. The minimum atomic E-state index is 0.282. The highest BCUT2D eigenvalue weighted by molar-refractivity contribution is 5.67. The summed E-state index contributed by atoms with van der Waals surface area (Å²) >= 11 is 0. The van der Waals surface area contributed by atoms with E-state index in [0.29, 0.717) is 6.10 Å². The minimum absolute atomic E-state index is 0.282. The van der Waals surface area contributed by atoms with Crippen molar-refractivity contribution in [2.24, 2.45) is 5.92 Å². The zero-order valence-electron chi connectivity index (χ0n) is 19.0. The van der Waals surface area contributed by atoms with Crippen molar-refractivity contribution in [2.75, 3.05) is 26.5 Å². The molecule has 1 saturated carbocycles. The van der Waals surface area contributed by atoms with E-state index in [1.807, 2.05) is 6.07 Å². The van der Waals surface area contributed by atoms with Crippen LogP contribution in [0.15, 0.2) is 54.7 Å². The SMILES string of the molecule is c1ccc(Cn2cc(CN(CC3CC3)C[C@@H]3CCCO3)c(-c3ccc4c(c3)OCO4)n2)cc1. The van der Waals surface area contributed by atoms with Crippen LogP contribution in [0.2, 0.25) is 0 Å². The first kappa shape index (κ1) is 20.8. The number of hydrogen-bond acceptors (Lipinski definition) is 5. The molecule has 0 radical (unpaired) electrons. The van der Waals surface area contributed by atoms with E-state index in [1.165, 1.54) is 36.8 Å². The molecule has 1 aromatic heterocycles. The molecule has 6 rings (SSSR count). The zero-order chi connectivity index (χ0) is 22.0. The molecule has 2 aliphatic heterocycles. The molecule has 172 valence electrons. The fourth-order valence-electron chi connectivity index (χ4n) is 4.90. The molecular weight excluding hydrogens is 414 g/mol. The molecule has 3 heterocycles. The highest BCUT2D eigenvalue weighted by Gasteiger charge is 2.28. The molecule has 6 heteroatoms. The molecule has 33 heavy (non-hydrogen) atoms. The third-order valence-electron chi connectivity index (χ3n) is 6.76. The van der Waals surface area contributed by atoms with Gasteiger partial charge in [-0.3, -0.25) is 9.58 Å². The summed E-state index contributed by atoms with van der Waals surface area (Å²) in [6.45, 7) is 4.97. The Bertz CT molecular complexity index is 1090. The van der Waals surface area contributed by atoms with Gasteiger partial charge in [0.05, 0.1) is 18.3 Å². The van der Waals surface area contributed by atoms with Crippen molar-refractivity contribution in [1.29, 1.82) is 0 Å². The number of nitrogens with zero attached hydrogens (tertiary/aromatic N) is 3. The molecule has 1 aliphatic carbocycles. The predicted octanol–water partition coefficient (Wildman–Crippen LogP) is 4.72. The van der Waals surface area contributed by atoms with Crippen LogP contribution < -0.4 is 9.47 Å². The lowest BCUT2D eigenvalue weighted by Crippen LogP contribution is -2.33. The van der Waals surface area contributed by atoms with Gasteiger partial charge in [0.25, 0.3) is 0 Å². The van der Waals surface area contributed by atoms with E-state index in [0.717, 1.165) is 61.5 Å². The second-order valence-electron chi connectivity index (χ2n) is 9.53. The summed E-state index contributed by atoms with van der Waals surface area (Å²) in [5.41, 5.74) is 4.60. The Morgan fingerprint density at radius 1 is 0.970 bits per heavy atom. The van der Waals surface area contributed by atoms with E-state index >= 15 is 0 Å². The Labute approximate surface area is 195 Å². The maximum Gasteiger partial charge on any atom is 0.231 e. The van der Waals surface area contributed by atoms with E-state index in [2.05, 4.69) is 58.2 Å². The van der Waals surface area contributed by atoms with Crippen LogP contribution >= 0.6 is 0 Å². The average Bonchev–Trinajstić information content (AvgIpc) is 3.20. The second kappa shape index (κ2) is 9.20. The Hall–Kier alpha value is -2.83. The van der Waals surface area contributed by atoms with Gasteiger partial charge in [-0.25, -0.2) is 0 Å². The van der Waals surface area contributed by atoms with Crippen LogP contribution in [-0.2, 0) is 17.8 Å². The monoisotopic (exact) mass is 445 g/mol. The highest BCUT2D eigenvalue weighted by atomic mass is 16.7. The van der Waals surface area contributed by atoms with E-state index in [9.17, 15) is 0 Å². The van der Waals surface area contributed by atoms with Gasteiger partial charge in [0, 0.05) is 43.6 Å². The quantitative estimate of drug-likeness (QED) is 0.477. The molecule has 0 unspecified atom stereocenters. The fourth-order valence-corrected chi connectivity index (χ4v) is 4.90. The maximum atomic E-state index is 5.98. The van der Waals surface area contributed by atoms with Crippen molar-refractivity contribution >= 4 is 0 Å². The van der Waals surface area contributed by atoms with E-state index < -0.39 is 0 Å². The van der Waals surface area contributed by atoms with Crippen LogP contribution in [-0.4, -0.2) is 47.3 Å². The third kappa shape index (κ3) is 4.92. The van der Waals surface area contributed by atoms with E-state index in [1.54, 1.807) is 0 Å². The van der Waals surface area contributed by atoms with Gasteiger partial charge >= 0.3 is 0 Å². The first-order valence-corrected chi connectivity index (χ1v) is 12.1. The van der Waals surface area contributed by atoms with Crippen LogP contribution in [0.1, 0.15) is 36.8 Å².